The summed E-state index contributed by atoms with van der Waals surface area (Å²) in [6.45, 7) is -0.441. The lowest BCUT2D eigenvalue weighted by Gasteiger charge is -2.21. The number of hydrogen-bond acceptors (Lipinski definition) is 4. The van der Waals surface area contributed by atoms with Crippen molar-refractivity contribution in [2.75, 3.05) is 12.4 Å². The summed E-state index contributed by atoms with van der Waals surface area (Å²) < 4.78 is 38.0. The van der Waals surface area contributed by atoms with Crippen molar-refractivity contribution in [3.63, 3.8) is 0 Å². The van der Waals surface area contributed by atoms with Crippen LogP contribution < -0.4 is 0 Å². The molecular formula is C8H17O6PS. The molecule has 0 atom stereocenters. The van der Waals surface area contributed by atoms with Crippen LogP contribution in [0.1, 0.15) is 32.1 Å². The average molecular weight is 272 g/mol. The lowest BCUT2D eigenvalue weighted by molar-refractivity contribution is 0.207. The van der Waals surface area contributed by atoms with Crippen molar-refractivity contribution in [1.29, 1.82) is 0 Å². The predicted molar refractivity (Wildman–Crippen MR) is 58.7 cm³/mol. The SMILES string of the molecule is O=P(O)(O)OCCS(=O)(=O)C1CCCCC1. The Morgan fingerprint density at radius 2 is 1.75 bits per heavy atom. The van der Waals surface area contributed by atoms with Gasteiger partial charge in [-0.3, -0.25) is 4.52 Å². The third-order valence-corrected chi connectivity index (χ3v) is 5.43. The molecule has 8 heteroatoms. The third-order valence-electron chi connectivity index (χ3n) is 2.69. The van der Waals surface area contributed by atoms with Gasteiger partial charge in [-0.05, 0) is 12.8 Å². The molecule has 0 radical (unpaired) electrons. The summed E-state index contributed by atoms with van der Waals surface area (Å²) in [6.07, 6.45) is 4.17. The summed E-state index contributed by atoms with van der Waals surface area (Å²) in [7, 11) is -7.83. The van der Waals surface area contributed by atoms with E-state index in [1.807, 2.05) is 0 Å². The molecule has 0 aromatic rings. The molecule has 2 N–H and O–H groups in total. The van der Waals surface area contributed by atoms with Gasteiger partial charge in [0.2, 0.25) is 0 Å². The van der Waals surface area contributed by atoms with Gasteiger partial charge in [0.1, 0.15) is 0 Å². The maximum atomic E-state index is 11.7. The van der Waals surface area contributed by atoms with Crippen molar-refractivity contribution in [3.05, 3.63) is 0 Å². The maximum absolute atomic E-state index is 11.7. The number of phosphoric ester groups is 1. The summed E-state index contributed by atoms with van der Waals surface area (Å²) in [4.78, 5) is 16.8. The van der Waals surface area contributed by atoms with Gasteiger partial charge in [0.05, 0.1) is 17.6 Å². The van der Waals surface area contributed by atoms with Crippen molar-refractivity contribution in [3.8, 4) is 0 Å². The second kappa shape index (κ2) is 5.60. The molecule has 96 valence electrons. The Kier molecular flexibility index (Phi) is 4.94. The van der Waals surface area contributed by atoms with Crippen LogP contribution in [-0.2, 0) is 18.9 Å². The first-order valence-corrected chi connectivity index (χ1v) is 8.47. The molecule has 6 nitrogen and oxygen atoms in total. The number of sulfone groups is 1. The number of hydrogen-bond donors (Lipinski definition) is 2. The highest BCUT2D eigenvalue weighted by Crippen LogP contribution is 2.35. The van der Waals surface area contributed by atoms with Crippen LogP contribution >= 0.6 is 7.82 Å². The molecule has 0 aromatic heterocycles. The van der Waals surface area contributed by atoms with Crippen LogP contribution in [0.2, 0.25) is 0 Å². The van der Waals surface area contributed by atoms with Crippen LogP contribution in [0.4, 0.5) is 0 Å². The van der Waals surface area contributed by atoms with Gasteiger partial charge >= 0.3 is 7.82 Å². The van der Waals surface area contributed by atoms with Crippen LogP contribution in [0.3, 0.4) is 0 Å². The fourth-order valence-electron chi connectivity index (χ4n) is 1.86. The molecule has 0 aromatic carbocycles. The van der Waals surface area contributed by atoms with Crippen LogP contribution in [0.5, 0.6) is 0 Å². The molecule has 1 saturated carbocycles. The third kappa shape index (κ3) is 4.93. The van der Waals surface area contributed by atoms with E-state index >= 15 is 0 Å². The Hall–Kier alpha value is 0.0600. The van der Waals surface area contributed by atoms with Crippen molar-refractivity contribution >= 4 is 17.7 Å². The Morgan fingerprint density at radius 3 is 2.25 bits per heavy atom. The van der Waals surface area contributed by atoms with Crippen molar-refractivity contribution in [1.82, 2.24) is 0 Å². The van der Waals surface area contributed by atoms with Gasteiger partial charge in [-0.15, -0.1) is 0 Å². The van der Waals surface area contributed by atoms with E-state index in [0.717, 1.165) is 19.3 Å². The Labute approximate surface area is 95.2 Å². The molecule has 0 unspecified atom stereocenters. The first-order valence-electron chi connectivity index (χ1n) is 5.23. The topological polar surface area (TPSA) is 101 Å². The van der Waals surface area contributed by atoms with Crippen LogP contribution in [0.25, 0.3) is 0 Å². The zero-order valence-corrected chi connectivity index (χ0v) is 10.6. The maximum Gasteiger partial charge on any atom is 0.469 e. The lowest BCUT2D eigenvalue weighted by atomic mass is 10.0. The molecule has 0 saturated heterocycles. The minimum atomic E-state index is -4.56. The van der Waals surface area contributed by atoms with Gasteiger partial charge in [0.25, 0.3) is 0 Å². The molecular weight excluding hydrogens is 255 g/mol. The molecule has 1 rings (SSSR count). The van der Waals surface area contributed by atoms with Gasteiger partial charge in [-0.1, -0.05) is 19.3 Å². The second-order valence-corrected chi connectivity index (χ2v) is 7.59. The van der Waals surface area contributed by atoms with Crippen molar-refractivity contribution < 1.29 is 27.3 Å². The molecule has 0 heterocycles. The number of rotatable bonds is 5. The molecule has 1 aliphatic carbocycles. The smallest absolute Gasteiger partial charge is 0.303 e. The van der Waals surface area contributed by atoms with Gasteiger partial charge in [-0.2, -0.15) is 0 Å². The van der Waals surface area contributed by atoms with E-state index in [1.54, 1.807) is 0 Å². The summed E-state index contributed by atoms with van der Waals surface area (Å²) in [6, 6.07) is 0. The second-order valence-electron chi connectivity index (χ2n) is 3.95. The van der Waals surface area contributed by atoms with E-state index in [-0.39, 0.29) is 11.0 Å². The average Bonchev–Trinajstić information content (AvgIpc) is 2.17. The highest BCUT2D eigenvalue weighted by molar-refractivity contribution is 7.92. The quantitative estimate of drug-likeness (QED) is 0.719. The van der Waals surface area contributed by atoms with E-state index in [0.29, 0.717) is 12.8 Å². The monoisotopic (exact) mass is 272 g/mol. The summed E-state index contributed by atoms with van der Waals surface area (Å²) in [5.74, 6) is -0.317. The lowest BCUT2D eigenvalue weighted by Crippen LogP contribution is -2.28. The molecule has 0 spiro atoms. The summed E-state index contributed by atoms with van der Waals surface area (Å²) in [5, 5.41) is -0.360. The van der Waals surface area contributed by atoms with Gasteiger partial charge in [-0.25, -0.2) is 13.0 Å². The predicted octanol–water partition coefficient (Wildman–Crippen LogP) is 0.843. The highest BCUT2D eigenvalue weighted by atomic mass is 32.2. The Morgan fingerprint density at radius 1 is 1.19 bits per heavy atom. The molecule has 0 amide bonds. The molecule has 1 aliphatic rings. The van der Waals surface area contributed by atoms with Gasteiger partial charge < -0.3 is 9.79 Å². The molecule has 0 aliphatic heterocycles. The van der Waals surface area contributed by atoms with E-state index in [2.05, 4.69) is 4.52 Å². The largest absolute Gasteiger partial charge is 0.469 e. The minimum absolute atomic E-state index is 0.317. The fourth-order valence-corrected chi connectivity index (χ4v) is 4.02. The number of phosphoric acid groups is 1. The van der Waals surface area contributed by atoms with Crippen LogP contribution in [0, 0.1) is 0 Å². The fraction of sp³-hybridized carbons (Fsp3) is 1.00. The summed E-state index contributed by atoms with van der Waals surface area (Å²) >= 11 is 0. The van der Waals surface area contributed by atoms with Crippen LogP contribution in [0.15, 0.2) is 0 Å². The van der Waals surface area contributed by atoms with Gasteiger partial charge in [0, 0.05) is 0 Å². The molecule has 16 heavy (non-hydrogen) atoms. The Balaban J connectivity index is 2.42. The Bertz CT molecular complexity index is 353. The minimum Gasteiger partial charge on any atom is -0.303 e. The van der Waals surface area contributed by atoms with E-state index < -0.39 is 24.3 Å². The first kappa shape index (κ1) is 14.1. The molecule has 1 fully saturated rings. The zero-order valence-electron chi connectivity index (χ0n) is 8.91. The van der Waals surface area contributed by atoms with E-state index in [9.17, 15) is 13.0 Å². The zero-order chi connectivity index (χ0) is 12.2. The van der Waals surface area contributed by atoms with Gasteiger partial charge in [0.15, 0.2) is 9.84 Å². The normalized spacial score (nSPS) is 19.9. The molecule has 0 bridgehead atoms. The van der Waals surface area contributed by atoms with Crippen LogP contribution in [-0.4, -0.2) is 35.8 Å². The van der Waals surface area contributed by atoms with Crippen molar-refractivity contribution in [2.24, 2.45) is 0 Å². The first-order chi connectivity index (χ1) is 7.31. The summed E-state index contributed by atoms with van der Waals surface area (Å²) in [5.41, 5.74) is 0. The highest BCUT2D eigenvalue weighted by Gasteiger charge is 2.27. The van der Waals surface area contributed by atoms with E-state index in [4.69, 9.17) is 9.79 Å². The van der Waals surface area contributed by atoms with E-state index in [1.165, 1.54) is 0 Å². The standard InChI is InChI=1S/C8H17O6PS/c9-15(10,11)14-6-7-16(12,13)8-4-2-1-3-5-8/h8H,1-7H2,(H2,9,10,11). The van der Waals surface area contributed by atoms with Crippen molar-refractivity contribution in [2.45, 2.75) is 37.4 Å².